The molecule has 1 fully saturated rings. The summed E-state index contributed by atoms with van der Waals surface area (Å²) in [6, 6.07) is 6.32. The maximum Gasteiger partial charge on any atom is 0.417 e. The summed E-state index contributed by atoms with van der Waals surface area (Å²) in [5.74, 6) is 1.63. The van der Waals surface area contributed by atoms with Crippen LogP contribution in [0.25, 0.3) is 10.8 Å². The van der Waals surface area contributed by atoms with Gasteiger partial charge in [-0.3, -0.25) is 4.90 Å². The van der Waals surface area contributed by atoms with Crippen molar-refractivity contribution in [3.63, 3.8) is 0 Å². The lowest BCUT2D eigenvalue weighted by Crippen LogP contribution is -2.47. The molecule has 148 valence electrons. The van der Waals surface area contributed by atoms with Gasteiger partial charge in [-0.2, -0.15) is 13.2 Å². The van der Waals surface area contributed by atoms with Crippen LogP contribution >= 0.6 is 11.3 Å². The summed E-state index contributed by atoms with van der Waals surface area (Å²) in [5.41, 5.74) is -0.735. The Balaban J connectivity index is 1.37. The highest BCUT2D eigenvalue weighted by Gasteiger charge is 2.31. The normalized spacial score (nSPS) is 17.1. The molecule has 4 rings (SSSR count). The minimum Gasteiger partial charge on any atom is -0.418 e. The van der Waals surface area contributed by atoms with Crippen molar-refractivity contribution in [2.24, 2.45) is 0 Å². The lowest BCUT2D eigenvalue weighted by atomic mass is 10.2. The third-order valence-electron chi connectivity index (χ3n) is 4.79. The molecule has 28 heavy (non-hydrogen) atoms. The average Bonchev–Trinajstić information content (AvgIpc) is 3.38. The minimum absolute atomic E-state index is 0.0380. The first-order valence-corrected chi connectivity index (χ1v) is 9.69. The smallest absolute Gasteiger partial charge is 0.417 e. The van der Waals surface area contributed by atoms with E-state index in [-0.39, 0.29) is 6.04 Å². The number of hydrogen-bond acceptors (Lipinski definition) is 7. The molecule has 0 saturated carbocycles. The van der Waals surface area contributed by atoms with E-state index in [1.54, 1.807) is 11.3 Å². The molecule has 0 N–H and O–H groups in total. The Morgan fingerprint density at radius 1 is 1.11 bits per heavy atom. The Kier molecular flexibility index (Phi) is 5.07. The average molecular weight is 409 g/mol. The van der Waals surface area contributed by atoms with Gasteiger partial charge in [-0.1, -0.05) is 6.07 Å². The highest BCUT2D eigenvalue weighted by atomic mass is 32.1. The largest absolute Gasteiger partial charge is 0.418 e. The van der Waals surface area contributed by atoms with Crippen molar-refractivity contribution in [1.82, 2.24) is 20.1 Å². The van der Waals surface area contributed by atoms with E-state index < -0.39 is 11.7 Å². The second-order valence-corrected chi connectivity index (χ2v) is 7.47. The Hall–Kier alpha value is -2.46. The second kappa shape index (κ2) is 7.51. The van der Waals surface area contributed by atoms with Crippen LogP contribution in [0.3, 0.4) is 0 Å². The van der Waals surface area contributed by atoms with E-state index in [4.69, 9.17) is 4.42 Å². The van der Waals surface area contributed by atoms with Gasteiger partial charge in [0.25, 0.3) is 5.89 Å². The van der Waals surface area contributed by atoms with Gasteiger partial charge in [0.1, 0.15) is 5.82 Å². The van der Waals surface area contributed by atoms with Gasteiger partial charge in [-0.15, -0.1) is 21.5 Å². The number of aromatic nitrogens is 3. The van der Waals surface area contributed by atoms with Crippen LogP contribution in [0, 0.1) is 0 Å². The van der Waals surface area contributed by atoms with E-state index in [1.807, 2.05) is 29.3 Å². The van der Waals surface area contributed by atoms with Crippen LogP contribution in [-0.4, -0.2) is 46.3 Å². The molecule has 0 radical (unpaired) electrons. The number of hydrogen-bond donors (Lipinski definition) is 0. The summed E-state index contributed by atoms with van der Waals surface area (Å²) in [6.07, 6.45) is -3.49. The van der Waals surface area contributed by atoms with E-state index in [0.29, 0.717) is 30.7 Å². The zero-order valence-electron chi connectivity index (χ0n) is 15.1. The molecule has 0 bridgehead atoms. The molecule has 1 aliphatic heterocycles. The van der Waals surface area contributed by atoms with Crippen LogP contribution in [0.1, 0.15) is 24.4 Å². The van der Waals surface area contributed by atoms with E-state index in [9.17, 15) is 13.2 Å². The van der Waals surface area contributed by atoms with E-state index in [2.05, 4.69) is 20.1 Å². The molecule has 0 aliphatic carbocycles. The van der Waals surface area contributed by atoms with E-state index >= 15 is 0 Å². The topological polar surface area (TPSA) is 58.3 Å². The van der Waals surface area contributed by atoms with Crippen LogP contribution < -0.4 is 4.90 Å². The number of thiophene rings is 1. The number of pyridine rings is 1. The molecule has 6 nitrogen and oxygen atoms in total. The number of halogens is 3. The lowest BCUT2D eigenvalue weighted by Gasteiger charge is -2.37. The van der Waals surface area contributed by atoms with Gasteiger partial charge in [0, 0.05) is 32.4 Å². The SMILES string of the molecule is C[C@H](c1nnc(-c2cccs2)o1)N1CCN(c2ccc(C(F)(F)F)cn2)CC1. The summed E-state index contributed by atoms with van der Waals surface area (Å²) < 4.78 is 43.8. The second-order valence-electron chi connectivity index (χ2n) is 6.52. The Morgan fingerprint density at radius 3 is 2.50 bits per heavy atom. The Labute approximate surface area is 163 Å². The molecule has 0 unspecified atom stereocenters. The standard InChI is InChI=1S/C18H18F3N5OS/c1-12(16-23-24-17(27-16)14-3-2-10-28-14)25-6-8-26(9-7-25)15-5-4-13(11-22-15)18(19,20)21/h2-5,10-12H,6-9H2,1H3/t12-/m1/s1. The van der Waals surface area contributed by atoms with Crippen LogP contribution in [0.15, 0.2) is 40.3 Å². The zero-order valence-corrected chi connectivity index (χ0v) is 15.9. The van der Waals surface area contributed by atoms with Crippen molar-refractivity contribution in [3.8, 4) is 10.8 Å². The molecular weight excluding hydrogens is 391 g/mol. The predicted octanol–water partition coefficient (Wildman–Crippen LogP) is 4.10. The third-order valence-corrected chi connectivity index (χ3v) is 5.65. The van der Waals surface area contributed by atoms with Gasteiger partial charge >= 0.3 is 6.18 Å². The highest BCUT2D eigenvalue weighted by Crippen LogP contribution is 2.30. The molecule has 0 spiro atoms. The summed E-state index contributed by atoms with van der Waals surface area (Å²) in [5, 5.41) is 10.2. The quantitative estimate of drug-likeness (QED) is 0.647. The number of rotatable bonds is 4. The van der Waals surface area contributed by atoms with E-state index in [1.165, 1.54) is 6.07 Å². The molecule has 0 amide bonds. The monoisotopic (exact) mass is 409 g/mol. The van der Waals surface area contributed by atoms with Crippen molar-refractivity contribution in [2.45, 2.75) is 19.1 Å². The van der Waals surface area contributed by atoms with Gasteiger partial charge in [0.2, 0.25) is 5.89 Å². The lowest BCUT2D eigenvalue weighted by molar-refractivity contribution is -0.137. The molecular formula is C18H18F3N5OS. The van der Waals surface area contributed by atoms with Crippen molar-refractivity contribution in [3.05, 3.63) is 47.3 Å². The molecule has 10 heteroatoms. The summed E-state index contributed by atoms with van der Waals surface area (Å²) in [7, 11) is 0. The van der Waals surface area contributed by atoms with Crippen LogP contribution in [0.5, 0.6) is 0 Å². The number of nitrogens with zero attached hydrogens (tertiary/aromatic N) is 5. The fourth-order valence-corrected chi connectivity index (χ4v) is 3.78. The van der Waals surface area contributed by atoms with Gasteiger partial charge in [0.05, 0.1) is 16.5 Å². The molecule has 3 aromatic rings. The first-order valence-electron chi connectivity index (χ1n) is 8.81. The van der Waals surface area contributed by atoms with Gasteiger partial charge < -0.3 is 9.32 Å². The van der Waals surface area contributed by atoms with Crippen molar-refractivity contribution in [1.29, 1.82) is 0 Å². The fraction of sp³-hybridized carbons (Fsp3) is 0.389. The zero-order chi connectivity index (χ0) is 19.7. The van der Waals surface area contributed by atoms with Crippen molar-refractivity contribution < 1.29 is 17.6 Å². The van der Waals surface area contributed by atoms with E-state index in [0.717, 1.165) is 30.2 Å². The van der Waals surface area contributed by atoms with Gasteiger partial charge in [0.15, 0.2) is 0 Å². The predicted molar refractivity (Wildman–Crippen MR) is 99.1 cm³/mol. The van der Waals surface area contributed by atoms with Crippen LogP contribution in [0.2, 0.25) is 0 Å². The Morgan fingerprint density at radius 2 is 1.89 bits per heavy atom. The fourth-order valence-electron chi connectivity index (χ4n) is 3.14. The maximum absolute atomic E-state index is 12.7. The molecule has 1 aliphatic rings. The molecule has 0 aromatic carbocycles. The number of alkyl halides is 3. The summed E-state index contributed by atoms with van der Waals surface area (Å²) >= 11 is 1.54. The van der Waals surface area contributed by atoms with Crippen LogP contribution in [-0.2, 0) is 6.18 Å². The maximum atomic E-state index is 12.7. The highest BCUT2D eigenvalue weighted by molar-refractivity contribution is 7.13. The van der Waals surface area contributed by atoms with Crippen molar-refractivity contribution >= 4 is 17.2 Å². The minimum atomic E-state index is -4.37. The first-order chi connectivity index (χ1) is 13.4. The summed E-state index contributed by atoms with van der Waals surface area (Å²) in [4.78, 5) is 9.11. The molecule has 1 atom stereocenters. The van der Waals surface area contributed by atoms with Crippen molar-refractivity contribution in [2.75, 3.05) is 31.1 Å². The number of anilines is 1. The molecule has 4 heterocycles. The van der Waals surface area contributed by atoms with Gasteiger partial charge in [-0.25, -0.2) is 4.98 Å². The Bertz CT molecular complexity index is 902. The first kappa shape index (κ1) is 18.9. The van der Waals surface area contributed by atoms with Gasteiger partial charge in [-0.05, 0) is 30.5 Å². The number of piperazine rings is 1. The third kappa shape index (κ3) is 3.88. The summed E-state index contributed by atoms with van der Waals surface area (Å²) in [6.45, 7) is 4.78. The molecule has 3 aromatic heterocycles. The van der Waals surface area contributed by atoms with Crippen LogP contribution in [0.4, 0.5) is 19.0 Å². The molecule has 1 saturated heterocycles.